The first-order valence-electron chi connectivity index (χ1n) is 9.13. The molecule has 29 heavy (non-hydrogen) atoms. The van der Waals surface area contributed by atoms with Gasteiger partial charge in [-0.3, -0.25) is 14.7 Å². The van der Waals surface area contributed by atoms with E-state index in [2.05, 4.69) is 27.6 Å². The topological polar surface area (TPSA) is 110 Å². The smallest absolute Gasteiger partial charge is 0.255 e. The number of carbonyl (C=O) groups is 2. The monoisotopic (exact) mass is 388 g/mol. The Morgan fingerprint density at radius 3 is 2.59 bits per heavy atom. The van der Waals surface area contributed by atoms with Crippen molar-refractivity contribution in [2.75, 3.05) is 7.11 Å². The number of H-pyrrole nitrogens is 1. The van der Waals surface area contributed by atoms with Crippen LogP contribution in [0.3, 0.4) is 0 Å². The van der Waals surface area contributed by atoms with Gasteiger partial charge in [0.05, 0.1) is 23.9 Å². The molecule has 1 atom stereocenters. The Hall–Kier alpha value is -3.87. The van der Waals surface area contributed by atoms with Crippen LogP contribution >= 0.6 is 0 Å². The number of nitrogens with one attached hydrogen (secondary N) is 2. The van der Waals surface area contributed by atoms with Crippen LogP contribution in [0.25, 0.3) is 32.9 Å². The Morgan fingerprint density at radius 1 is 1.10 bits per heavy atom. The quantitative estimate of drug-likeness (QED) is 0.488. The molecule has 1 heterocycles. The van der Waals surface area contributed by atoms with Gasteiger partial charge in [-0.05, 0) is 29.8 Å². The Bertz CT molecular complexity index is 1250. The van der Waals surface area contributed by atoms with Gasteiger partial charge < -0.3 is 15.8 Å². The number of aromatic nitrogens is 2. The summed E-state index contributed by atoms with van der Waals surface area (Å²) in [5.74, 6) is -0.681. The zero-order valence-corrected chi connectivity index (χ0v) is 16.0. The molecule has 0 aliphatic heterocycles. The Kier molecular flexibility index (Phi) is 4.64. The van der Waals surface area contributed by atoms with Crippen molar-refractivity contribution in [2.24, 2.45) is 5.73 Å². The van der Waals surface area contributed by atoms with Crippen LogP contribution in [-0.2, 0) is 4.79 Å². The van der Waals surface area contributed by atoms with Crippen LogP contribution in [0.2, 0.25) is 0 Å². The lowest BCUT2D eigenvalue weighted by atomic mass is 10.0. The van der Waals surface area contributed by atoms with Gasteiger partial charge in [-0.2, -0.15) is 5.10 Å². The predicted molar refractivity (Wildman–Crippen MR) is 112 cm³/mol. The molecule has 0 radical (unpaired) electrons. The number of nitrogens with zero attached hydrogens (tertiary/aromatic N) is 1. The van der Waals surface area contributed by atoms with E-state index < -0.39 is 17.9 Å². The minimum absolute atomic E-state index is 0.302. The Balaban J connectivity index is 1.82. The molecule has 4 N–H and O–H groups in total. The molecule has 7 nitrogen and oxygen atoms in total. The number of hydrogen-bond donors (Lipinski definition) is 3. The fourth-order valence-electron chi connectivity index (χ4n) is 3.29. The highest BCUT2D eigenvalue weighted by Gasteiger charge is 2.20. The lowest BCUT2D eigenvalue weighted by Crippen LogP contribution is -2.42. The molecule has 7 heteroatoms. The maximum Gasteiger partial charge on any atom is 0.255 e. The molecule has 2 amide bonds. The second kappa shape index (κ2) is 7.27. The van der Waals surface area contributed by atoms with Crippen molar-refractivity contribution in [3.05, 3.63) is 60.2 Å². The first-order chi connectivity index (χ1) is 14.0. The molecular weight excluding hydrogens is 368 g/mol. The van der Waals surface area contributed by atoms with Crippen LogP contribution in [-0.4, -0.2) is 35.2 Å². The van der Waals surface area contributed by atoms with Gasteiger partial charge in [-0.1, -0.05) is 36.4 Å². The molecule has 0 saturated carbocycles. The lowest BCUT2D eigenvalue weighted by molar-refractivity contribution is -0.119. The average molecular weight is 388 g/mol. The fourth-order valence-corrected chi connectivity index (χ4v) is 3.29. The van der Waals surface area contributed by atoms with Gasteiger partial charge in [0.15, 0.2) is 0 Å². The minimum Gasteiger partial charge on any atom is -0.496 e. The fraction of sp³-hybridized carbons (Fsp3) is 0.136. The SMILES string of the molecule is COc1cc2[nH]nc(-c3ccc4ccccc4c3)c2cc1C(=O)N[C@@H](C)C(N)=O. The number of primary amides is 1. The lowest BCUT2D eigenvalue weighted by Gasteiger charge is -2.13. The summed E-state index contributed by atoms with van der Waals surface area (Å²) in [6, 6.07) is 16.8. The zero-order valence-electron chi connectivity index (χ0n) is 16.0. The average Bonchev–Trinajstić information content (AvgIpc) is 3.15. The number of nitrogens with two attached hydrogens (primary N) is 1. The maximum absolute atomic E-state index is 12.7. The zero-order chi connectivity index (χ0) is 20.5. The summed E-state index contributed by atoms with van der Waals surface area (Å²) in [5, 5.41) is 13.0. The van der Waals surface area contributed by atoms with Crippen molar-refractivity contribution in [3.8, 4) is 17.0 Å². The molecule has 3 aromatic carbocycles. The van der Waals surface area contributed by atoms with Crippen molar-refractivity contribution in [1.82, 2.24) is 15.5 Å². The molecule has 0 bridgehead atoms. The van der Waals surface area contributed by atoms with Crippen molar-refractivity contribution < 1.29 is 14.3 Å². The second-order valence-corrected chi connectivity index (χ2v) is 6.83. The van der Waals surface area contributed by atoms with Crippen molar-refractivity contribution >= 4 is 33.5 Å². The molecule has 0 fully saturated rings. The molecule has 0 aliphatic carbocycles. The van der Waals surface area contributed by atoms with Crippen molar-refractivity contribution in [3.63, 3.8) is 0 Å². The first kappa shape index (κ1) is 18.5. The van der Waals surface area contributed by atoms with Crippen LogP contribution in [0.15, 0.2) is 54.6 Å². The van der Waals surface area contributed by atoms with E-state index in [0.29, 0.717) is 11.3 Å². The first-order valence-corrected chi connectivity index (χ1v) is 9.13. The maximum atomic E-state index is 12.7. The van der Waals surface area contributed by atoms with Gasteiger partial charge >= 0.3 is 0 Å². The number of ether oxygens (including phenoxy) is 1. The van der Waals surface area contributed by atoms with Gasteiger partial charge in [0, 0.05) is 17.0 Å². The third-order valence-corrected chi connectivity index (χ3v) is 4.92. The van der Waals surface area contributed by atoms with E-state index in [1.54, 1.807) is 12.1 Å². The number of hydrogen-bond acceptors (Lipinski definition) is 4. The van der Waals surface area contributed by atoms with E-state index in [-0.39, 0.29) is 0 Å². The molecule has 0 unspecified atom stereocenters. The summed E-state index contributed by atoms with van der Waals surface area (Å²) in [7, 11) is 1.48. The summed E-state index contributed by atoms with van der Waals surface area (Å²) >= 11 is 0. The summed E-state index contributed by atoms with van der Waals surface area (Å²) in [5.41, 5.74) is 7.95. The third-order valence-electron chi connectivity index (χ3n) is 4.92. The van der Waals surface area contributed by atoms with Crippen LogP contribution < -0.4 is 15.8 Å². The van der Waals surface area contributed by atoms with Crippen molar-refractivity contribution in [1.29, 1.82) is 0 Å². The van der Waals surface area contributed by atoms with E-state index >= 15 is 0 Å². The normalized spacial score (nSPS) is 12.1. The minimum atomic E-state index is -0.799. The summed E-state index contributed by atoms with van der Waals surface area (Å²) in [6.07, 6.45) is 0. The predicted octanol–water partition coefficient (Wildman–Crippen LogP) is 3.00. The number of fused-ring (bicyclic) bond motifs is 2. The van der Waals surface area contributed by atoms with E-state index in [9.17, 15) is 9.59 Å². The number of carbonyl (C=O) groups excluding carboxylic acids is 2. The van der Waals surface area contributed by atoms with Crippen LogP contribution in [0.4, 0.5) is 0 Å². The van der Waals surface area contributed by atoms with Gasteiger partial charge in [0.2, 0.25) is 5.91 Å². The number of aromatic amines is 1. The number of amides is 2. The molecule has 146 valence electrons. The summed E-state index contributed by atoms with van der Waals surface area (Å²) < 4.78 is 5.36. The second-order valence-electron chi connectivity index (χ2n) is 6.83. The number of methoxy groups -OCH3 is 1. The molecule has 4 aromatic rings. The summed E-state index contributed by atoms with van der Waals surface area (Å²) in [4.78, 5) is 24.0. The van der Waals surface area contributed by atoms with Crippen molar-refractivity contribution in [2.45, 2.75) is 13.0 Å². The van der Waals surface area contributed by atoms with Gasteiger partial charge in [-0.25, -0.2) is 0 Å². The highest BCUT2D eigenvalue weighted by molar-refractivity contribution is 6.05. The molecule has 0 spiro atoms. The highest BCUT2D eigenvalue weighted by atomic mass is 16.5. The molecule has 0 saturated heterocycles. The van der Waals surface area contributed by atoms with Gasteiger partial charge in [-0.15, -0.1) is 0 Å². The Morgan fingerprint density at radius 2 is 1.86 bits per heavy atom. The third kappa shape index (κ3) is 3.38. The van der Waals surface area contributed by atoms with Crippen LogP contribution in [0, 0.1) is 0 Å². The molecular formula is C22H20N4O3. The number of rotatable bonds is 5. The summed E-state index contributed by atoms with van der Waals surface area (Å²) in [6.45, 7) is 1.53. The highest BCUT2D eigenvalue weighted by Crippen LogP contribution is 2.33. The largest absolute Gasteiger partial charge is 0.496 e. The van der Waals surface area contributed by atoms with Gasteiger partial charge in [0.25, 0.3) is 5.91 Å². The molecule has 1 aromatic heterocycles. The molecule has 4 rings (SSSR count). The van der Waals surface area contributed by atoms with E-state index in [1.807, 2.05) is 30.3 Å². The van der Waals surface area contributed by atoms with Crippen LogP contribution in [0.1, 0.15) is 17.3 Å². The van der Waals surface area contributed by atoms with E-state index in [0.717, 1.165) is 32.9 Å². The number of benzene rings is 3. The van der Waals surface area contributed by atoms with Crippen LogP contribution in [0.5, 0.6) is 5.75 Å². The van der Waals surface area contributed by atoms with E-state index in [4.69, 9.17) is 10.5 Å². The Labute approximate surface area is 166 Å². The molecule has 0 aliphatic rings. The van der Waals surface area contributed by atoms with E-state index in [1.165, 1.54) is 14.0 Å². The van der Waals surface area contributed by atoms with Gasteiger partial charge in [0.1, 0.15) is 11.8 Å². The standard InChI is InChI=1S/C22H20N4O3/c1-12(21(23)27)24-22(28)17-10-16-18(11-19(17)29-2)25-26-20(16)15-8-7-13-5-3-4-6-14(13)9-15/h3-12H,1-2H3,(H2,23,27)(H,24,28)(H,25,26)/t12-/m0/s1.